The van der Waals surface area contributed by atoms with Gasteiger partial charge < -0.3 is 0 Å². The molecule has 20 heavy (non-hydrogen) atoms. The molecule has 1 aromatic carbocycles. The highest BCUT2D eigenvalue weighted by Crippen LogP contribution is 2.22. The van der Waals surface area contributed by atoms with Crippen LogP contribution in [0.4, 0.5) is 0 Å². The molecule has 1 N–H and O–H groups in total. The Morgan fingerprint density at radius 2 is 2.00 bits per heavy atom. The lowest BCUT2D eigenvalue weighted by molar-refractivity contribution is -0.135. The summed E-state index contributed by atoms with van der Waals surface area (Å²) in [7, 11) is 7.36. The van der Waals surface area contributed by atoms with E-state index in [4.69, 9.17) is 7.85 Å². The monoisotopic (exact) mass is 269 g/mol. The van der Waals surface area contributed by atoms with Crippen LogP contribution in [0, 0.1) is 0 Å². The molecule has 100 valence electrons. The van der Waals surface area contributed by atoms with E-state index in [9.17, 15) is 14.4 Å². The number of nitrogens with one attached hydrogen (secondary N) is 1. The van der Waals surface area contributed by atoms with E-state index in [1.807, 2.05) is 0 Å². The second-order valence-electron chi connectivity index (χ2n) is 4.93. The highest BCUT2D eigenvalue weighted by atomic mass is 16.2. The Hall–Kier alpha value is -2.31. The number of aromatic nitrogens is 2. The molecular weight excluding hydrogens is 257 g/mol. The summed E-state index contributed by atoms with van der Waals surface area (Å²) in [4.78, 5) is 35.5. The van der Waals surface area contributed by atoms with E-state index in [0.717, 1.165) is 0 Å². The summed E-state index contributed by atoms with van der Waals surface area (Å²) in [5, 5.41) is 2.27. The molecule has 0 aliphatic carbocycles. The van der Waals surface area contributed by atoms with E-state index < -0.39 is 11.9 Å². The summed E-state index contributed by atoms with van der Waals surface area (Å²) in [5.74, 6) is -0.739. The number of rotatable bonds is 1. The van der Waals surface area contributed by atoms with Gasteiger partial charge in [0.1, 0.15) is 13.9 Å². The van der Waals surface area contributed by atoms with Gasteiger partial charge in [0.15, 0.2) is 0 Å². The van der Waals surface area contributed by atoms with Crippen molar-refractivity contribution in [2.24, 2.45) is 7.05 Å². The van der Waals surface area contributed by atoms with Crippen LogP contribution in [0.1, 0.15) is 18.9 Å². The van der Waals surface area contributed by atoms with Crippen LogP contribution in [0.25, 0.3) is 11.0 Å². The molecule has 0 saturated carbocycles. The second-order valence-corrected chi connectivity index (χ2v) is 4.93. The van der Waals surface area contributed by atoms with Crippen LogP contribution in [0.5, 0.6) is 0 Å². The first kappa shape index (κ1) is 12.7. The molecule has 1 atom stereocenters. The quantitative estimate of drug-likeness (QED) is 0.539. The minimum atomic E-state index is -0.660. The Bertz CT molecular complexity index is 790. The summed E-state index contributed by atoms with van der Waals surface area (Å²) >= 11 is 0. The lowest BCUT2D eigenvalue weighted by Crippen LogP contribution is -2.44. The molecule has 0 spiro atoms. The Morgan fingerprint density at radius 3 is 2.70 bits per heavy atom. The molecule has 6 nitrogen and oxygen atoms in total. The zero-order chi connectivity index (χ0) is 14.4. The third-order valence-electron chi connectivity index (χ3n) is 3.64. The zero-order valence-electron chi connectivity index (χ0n) is 10.9. The first-order valence-corrected chi connectivity index (χ1v) is 6.29. The van der Waals surface area contributed by atoms with Crippen molar-refractivity contribution in [2.45, 2.75) is 18.9 Å². The molecule has 2 radical (unpaired) electrons. The number of amides is 2. The molecule has 0 bridgehead atoms. The van der Waals surface area contributed by atoms with Crippen LogP contribution in [-0.2, 0) is 16.6 Å². The van der Waals surface area contributed by atoms with Crippen LogP contribution in [0.15, 0.2) is 23.0 Å². The van der Waals surface area contributed by atoms with Gasteiger partial charge in [-0.3, -0.25) is 24.0 Å². The summed E-state index contributed by atoms with van der Waals surface area (Å²) < 4.78 is 2.88. The number of hydrogen-bond donors (Lipinski definition) is 1. The first-order chi connectivity index (χ1) is 9.49. The molecule has 1 aromatic heterocycles. The Labute approximate surface area is 115 Å². The van der Waals surface area contributed by atoms with E-state index in [1.54, 1.807) is 25.2 Å². The minimum Gasteiger partial charge on any atom is -0.295 e. The number of piperidine rings is 1. The number of imide groups is 1. The van der Waals surface area contributed by atoms with Gasteiger partial charge in [0.05, 0.1) is 11.0 Å². The number of benzene rings is 1. The minimum absolute atomic E-state index is 0.230. The summed E-state index contributed by atoms with van der Waals surface area (Å²) in [5.41, 5.74) is 1.56. The molecule has 1 fully saturated rings. The molecule has 1 saturated heterocycles. The van der Waals surface area contributed by atoms with Gasteiger partial charge in [-0.05, 0) is 18.6 Å². The molecule has 2 aromatic rings. The highest BCUT2D eigenvalue weighted by molar-refractivity contribution is 6.33. The number of hydrogen-bond acceptors (Lipinski definition) is 3. The molecule has 2 heterocycles. The zero-order valence-corrected chi connectivity index (χ0v) is 10.9. The molecular formula is C13H12BN3O3. The maximum atomic E-state index is 12.3. The summed E-state index contributed by atoms with van der Waals surface area (Å²) in [6.07, 6.45) is 0.558. The van der Waals surface area contributed by atoms with Gasteiger partial charge in [-0.2, -0.15) is 0 Å². The third-order valence-corrected chi connectivity index (χ3v) is 3.64. The largest absolute Gasteiger partial charge is 0.329 e. The van der Waals surface area contributed by atoms with Gasteiger partial charge in [-0.25, -0.2) is 4.79 Å². The Balaban J connectivity index is 2.21. The maximum absolute atomic E-state index is 12.3. The van der Waals surface area contributed by atoms with Crippen LogP contribution >= 0.6 is 0 Å². The molecule has 1 aliphatic rings. The van der Waals surface area contributed by atoms with Crippen LogP contribution in [-0.4, -0.2) is 28.8 Å². The lowest BCUT2D eigenvalue weighted by atomic mass is 9.96. The first-order valence-electron chi connectivity index (χ1n) is 6.29. The molecule has 1 unspecified atom stereocenters. The van der Waals surface area contributed by atoms with Crippen molar-refractivity contribution in [2.75, 3.05) is 0 Å². The molecule has 3 rings (SSSR count). The smallest absolute Gasteiger partial charge is 0.295 e. The average molecular weight is 269 g/mol. The average Bonchev–Trinajstić information content (AvgIpc) is 2.63. The highest BCUT2D eigenvalue weighted by Gasteiger charge is 2.31. The van der Waals surface area contributed by atoms with Crippen LogP contribution < -0.4 is 16.5 Å². The van der Waals surface area contributed by atoms with Crippen molar-refractivity contribution in [1.82, 2.24) is 14.5 Å². The van der Waals surface area contributed by atoms with Crippen molar-refractivity contribution in [1.29, 1.82) is 0 Å². The number of carbonyl (C=O) groups excluding carboxylic acids is 2. The maximum Gasteiger partial charge on any atom is 0.329 e. The van der Waals surface area contributed by atoms with Gasteiger partial charge >= 0.3 is 5.69 Å². The number of fused-ring (bicyclic) bond motifs is 1. The molecule has 7 heteroatoms. The van der Waals surface area contributed by atoms with Gasteiger partial charge in [0.25, 0.3) is 0 Å². The van der Waals surface area contributed by atoms with E-state index in [1.165, 1.54) is 9.13 Å². The lowest BCUT2D eigenvalue weighted by Gasteiger charge is -2.21. The van der Waals surface area contributed by atoms with Gasteiger partial charge in [-0.1, -0.05) is 11.5 Å². The fourth-order valence-corrected chi connectivity index (χ4v) is 2.61. The fraction of sp³-hybridized carbons (Fsp3) is 0.308. The SMILES string of the molecule is [B]c1ccc2c(c1)n(C)c(=O)n2C1CCC(=O)NC1=O. The summed E-state index contributed by atoms with van der Waals surface area (Å²) in [6.45, 7) is 0. The van der Waals surface area contributed by atoms with Crippen LogP contribution in [0.3, 0.4) is 0 Å². The number of aryl methyl sites for hydroxylation is 1. The van der Waals surface area contributed by atoms with Gasteiger partial charge in [0.2, 0.25) is 11.8 Å². The van der Waals surface area contributed by atoms with E-state index >= 15 is 0 Å². The van der Waals surface area contributed by atoms with Crippen molar-refractivity contribution in [3.63, 3.8) is 0 Å². The number of imidazole rings is 1. The van der Waals surface area contributed by atoms with Crippen molar-refractivity contribution >= 4 is 36.2 Å². The molecule has 2 amide bonds. The third kappa shape index (κ3) is 1.78. The normalized spacial score (nSPS) is 19.4. The topological polar surface area (TPSA) is 73.1 Å². The Morgan fingerprint density at radius 1 is 1.25 bits per heavy atom. The van der Waals surface area contributed by atoms with Crippen molar-refractivity contribution < 1.29 is 9.59 Å². The van der Waals surface area contributed by atoms with Crippen molar-refractivity contribution in [3.8, 4) is 0 Å². The number of nitrogens with zero attached hydrogens (tertiary/aromatic N) is 2. The summed E-state index contributed by atoms with van der Waals surface area (Å²) in [6, 6.07) is 4.44. The van der Waals surface area contributed by atoms with E-state index in [-0.39, 0.29) is 18.0 Å². The predicted molar refractivity (Wildman–Crippen MR) is 74.0 cm³/mol. The fourth-order valence-electron chi connectivity index (χ4n) is 2.61. The van der Waals surface area contributed by atoms with Gasteiger partial charge in [0, 0.05) is 13.5 Å². The number of carbonyl (C=O) groups is 2. The van der Waals surface area contributed by atoms with E-state index in [0.29, 0.717) is 22.9 Å². The van der Waals surface area contributed by atoms with Crippen molar-refractivity contribution in [3.05, 3.63) is 28.7 Å². The Kier molecular flexibility index (Phi) is 2.77. The van der Waals surface area contributed by atoms with Crippen LogP contribution in [0.2, 0.25) is 0 Å². The van der Waals surface area contributed by atoms with E-state index in [2.05, 4.69) is 5.32 Å². The predicted octanol–water partition coefficient (Wildman–Crippen LogP) is -0.888. The second kappa shape index (κ2) is 4.36. The van der Waals surface area contributed by atoms with Gasteiger partial charge in [-0.15, -0.1) is 0 Å². The standard InChI is InChI=1S/C13H12BN3O3/c1-16-10-6-7(14)2-3-8(10)17(13(16)20)9-4-5-11(18)15-12(9)19/h2-3,6,9H,4-5H2,1H3,(H,15,18,19). The molecule has 1 aliphatic heterocycles.